The van der Waals surface area contributed by atoms with Gasteiger partial charge in [0.1, 0.15) is 5.75 Å². The Labute approximate surface area is 124 Å². The second-order valence-electron chi connectivity index (χ2n) is 5.90. The lowest BCUT2D eigenvalue weighted by atomic mass is 10.1. The van der Waals surface area contributed by atoms with Crippen LogP contribution in [0.3, 0.4) is 0 Å². The molecule has 0 aliphatic heterocycles. The zero-order valence-electron chi connectivity index (χ0n) is 12.2. The normalized spacial score (nSPS) is 13.2. The molecule has 0 bridgehead atoms. The van der Waals surface area contributed by atoms with Gasteiger partial charge in [-0.1, -0.05) is 0 Å². The van der Waals surface area contributed by atoms with E-state index in [9.17, 15) is 23.1 Å². The summed E-state index contributed by atoms with van der Waals surface area (Å²) in [6, 6.07) is 2.77. The second-order valence-corrected chi connectivity index (χ2v) is 5.90. The van der Waals surface area contributed by atoms with Gasteiger partial charge in [-0.25, -0.2) is 0 Å². The van der Waals surface area contributed by atoms with Gasteiger partial charge in [0, 0.05) is 11.6 Å². The number of fused-ring (bicyclic) bond motifs is 1. The fraction of sp³-hybridized carbons (Fsp3) is 0.333. The maximum absolute atomic E-state index is 12.7. The molecule has 1 aromatic carbocycles. The topological polar surface area (TPSA) is 65.5 Å². The first-order valence-corrected chi connectivity index (χ1v) is 6.50. The molecule has 0 aliphatic rings. The highest BCUT2D eigenvalue weighted by Crippen LogP contribution is 2.33. The SMILES string of the molecule is CC(C)(C)N=Cc1c(O)c2ccc(C(F)(F)F)cc2[nH]c1=O. The first-order valence-electron chi connectivity index (χ1n) is 6.50. The molecule has 0 aliphatic carbocycles. The first kappa shape index (κ1) is 16.1. The minimum atomic E-state index is -4.52. The number of H-pyrrole nitrogens is 1. The molecule has 0 unspecified atom stereocenters. The molecule has 0 amide bonds. The highest BCUT2D eigenvalue weighted by molar-refractivity contribution is 5.94. The maximum Gasteiger partial charge on any atom is 0.416 e. The van der Waals surface area contributed by atoms with Gasteiger partial charge in [0.15, 0.2) is 0 Å². The number of aliphatic imine (C=N–C) groups is 1. The summed E-state index contributed by atoms with van der Waals surface area (Å²) in [5.41, 5.74) is -2.20. The van der Waals surface area contributed by atoms with Crippen LogP contribution < -0.4 is 5.56 Å². The van der Waals surface area contributed by atoms with Crippen molar-refractivity contribution in [2.45, 2.75) is 32.5 Å². The first-order chi connectivity index (χ1) is 9.99. The Balaban J connectivity index is 2.65. The van der Waals surface area contributed by atoms with E-state index in [0.717, 1.165) is 18.2 Å². The molecular formula is C15H15F3N2O2. The lowest BCUT2D eigenvalue weighted by Crippen LogP contribution is -2.16. The van der Waals surface area contributed by atoms with Crippen molar-refractivity contribution in [3.05, 3.63) is 39.7 Å². The second kappa shape index (κ2) is 5.15. The highest BCUT2D eigenvalue weighted by atomic mass is 19.4. The van der Waals surface area contributed by atoms with Gasteiger partial charge in [-0.05, 0) is 39.0 Å². The van der Waals surface area contributed by atoms with Crippen LogP contribution in [-0.4, -0.2) is 21.8 Å². The summed E-state index contributed by atoms with van der Waals surface area (Å²) < 4.78 is 38.0. The Morgan fingerprint density at radius 3 is 2.41 bits per heavy atom. The Hall–Kier alpha value is -2.31. The van der Waals surface area contributed by atoms with E-state index in [1.54, 1.807) is 0 Å². The molecular weight excluding hydrogens is 297 g/mol. The highest BCUT2D eigenvalue weighted by Gasteiger charge is 2.30. The summed E-state index contributed by atoms with van der Waals surface area (Å²) in [5.74, 6) is -0.388. The minimum Gasteiger partial charge on any atom is -0.506 e. The van der Waals surface area contributed by atoms with Gasteiger partial charge in [0.05, 0.1) is 22.2 Å². The van der Waals surface area contributed by atoms with E-state index in [0.29, 0.717) is 0 Å². The maximum atomic E-state index is 12.7. The van der Waals surface area contributed by atoms with Gasteiger partial charge in [0.2, 0.25) is 0 Å². The van der Waals surface area contributed by atoms with Crippen molar-refractivity contribution in [1.82, 2.24) is 4.98 Å². The number of benzene rings is 1. The van der Waals surface area contributed by atoms with E-state index in [1.807, 2.05) is 20.8 Å². The number of nitrogens with one attached hydrogen (secondary N) is 1. The van der Waals surface area contributed by atoms with Crippen LogP contribution >= 0.6 is 0 Å². The zero-order valence-corrected chi connectivity index (χ0v) is 12.2. The molecule has 1 heterocycles. The van der Waals surface area contributed by atoms with E-state index >= 15 is 0 Å². The van der Waals surface area contributed by atoms with Crippen LogP contribution in [0.5, 0.6) is 5.75 Å². The van der Waals surface area contributed by atoms with E-state index < -0.39 is 22.8 Å². The number of pyridine rings is 1. The van der Waals surface area contributed by atoms with Gasteiger partial charge in [-0.15, -0.1) is 0 Å². The smallest absolute Gasteiger partial charge is 0.416 e. The third-order valence-corrected chi connectivity index (χ3v) is 2.93. The van der Waals surface area contributed by atoms with Gasteiger partial charge in [-0.2, -0.15) is 13.2 Å². The quantitative estimate of drug-likeness (QED) is 0.792. The largest absolute Gasteiger partial charge is 0.506 e. The number of nitrogens with zero attached hydrogens (tertiary/aromatic N) is 1. The van der Waals surface area contributed by atoms with Crippen molar-refractivity contribution in [2.24, 2.45) is 4.99 Å². The Kier molecular flexibility index (Phi) is 3.76. The average molecular weight is 312 g/mol. The van der Waals surface area contributed by atoms with Crippen LogP contribution in [0, 0.1) is 0 Å². The molecule has 22 heavy (non-hydrogen) atoms. The Morgan fingerprint density at radius 2 is 1.86 bits per heavy atom. The van der Waals surface area contributed by atoms with Crippen molar-refractivity contribution >= 4 is 17.1 Å². The molecule has 7 heteroatoms. The van der Waals surface area contributed by atoms with Crippen LogP contribution in [-0.2, 0) is 6.18 Å². The van der Waals surface area contributed by atoms with E-state index in [1.165, 1.54) is 6.21 Å². The number of aromatic amines is 1. The number of aromatic hydroxyl groups is 1. The molecule has 2 aromatic rings. The van der Waals surface area contributed by atoms with Crippen molar-refractivity contribution in [3.8, 4) is 5.75 Å². The van der Waals surface area contributed by atoms with Gasteiger partial charge in [-0.3, -0.25) is 9.79 Å². The van der Waals surface area contributed by atoms with Crippen LogP contribution in [0.25, 0.3) is 10.9 Å². The molecule has 0 radical (unpaired) electrons. The third-order valence-electron chi connectivity index (χ3n) is 2.93. The lowest BCUT2D eigenvalue weighted by molar-refractivity contribution is -0.137. The van der Waals surface area contributed by atoms with Crippen molar-refractivity contribution in [2.75, 3.05) is 0 Å². The molecule has 0 saturated heterocycles. The summed E-state index contributed by atoms with van der Waals surface area (Å²) in [4.78, 5) is 18.4. The number of hydrogen-bond donors (Lipinski definition) is 2. The predicted molar refractivity (Wildman–Crippen MR) is 78.6 cm³/mol. The fourth-order valence-corrected chi connectivity index (χ4v) is 1.85. The van der Waals surface area contributed by atoms with E-state index in [2.05, 4.69) is 9.98 Å². The van der Waals surface area contributed by atoms with Gasteiger partial charge < -0.3 is 10.1 Å². The molecule has 0 fully saturated rings. The number of rotatable bonds is 1. The molecule has 2 N–H and O–H groups in total. The van der Waals surface area contributed by atoms with Crippen LogP contribution in [0.2, 0.25) is 0 Å². The average Bonchev–Trinajstić information content (AvgIpc) is 2.35. The predicted octanol–water partition coefficient (Wildman–Crippen LogP) is 3.47. The molecule has 4 nitrogen and oxygen atoms in total. The minimum absolute atomic E-state index is 0.0785. The summed E-state index contributed by atoms with van der Waals surface area (Å²) in [6.07, 6.45) is -3.29. The molecule has 0 atom stereocenters. The number of halogens is 3. The number of aromatic nitrogens is 1. The number of hydrogen-bond acceptors (Lipinski definition) is 3. The fourth-order valence-electron chi connectivity index (χ4n) is 1.85. The van der Waals surface area contributed by atoms with E-state index in [4.69, 9.17) is 0 Å². The summed E-state index contributed by atoms with van der Waals surface area (Å²) in [7, 11) is 0. The number of alkyl halides is 3. The van der Waals surface area contributed by atoms with Crippen LogP contribution in [0.15, 0.2) is 28.0 Å². The third kappa shape index (κ3) is 3.29. The van der Waals surface area contributed by atoms with Crippen molar-refractivity contribution < 1.29 is 18.3 Å². The van der Waals surface area contributed by atoms with Gasteiger partial charge in [0.25, 0.3) is 5.56 Å². The molecule has 1 aromatic heterocycles. The van der Waals surface area contributed by atoms with Gasteiger partial charge >= 0.3 is 6.18 Å². The standard InChI is InChI=1S/C15H15F3N2O2/c1-14(2,3)19-7-10-12(21)9-5-4-8(15(16,17)18)6-11(9)20-13(10)22/h4-7H,1-3H3,(H2,20,21,22). The Morgan fingerprint density at radius 1 is 1.23 bits per heavy atom. The molecule has 2 rings (SSSR count). The van der Waals surface area contributed by atoms with Crippen LogP contribution in [0.4, 0.5) is 13.2 Å². The summed E-state index contributed by atoms with van der Waals surface area (Å²) in [5, 5.41) is 10.3. The summed E-state index contributed by atoms with van der Waals surface area (Å²) in [6.45, 7) is 5.43. The lowest BCUT2D eigenvalue weighted by Gasteiger charge is -2.12. The van der Waals surface area contributed by atoms with Crippen molar-refractivity contribution in [3.63, 3.8) is 0 Å². The van der Waals surface area contributed by atoms with Crippen LogP contribution in [0.1, 0.15) is 31.9 Å². The molecule has 0 spiro atoms. The zero-order chi connectivity index (χ0) is 16.7. The Bertz CT molecular complexity index is 799. The summed E-state index contributed by atoms with van der Waals surface area (Å²) >= 11 is 0. The van der Waals surface area contributed by atoms with Crippen molar-refractivity contribution in [1.29, 1.82) is 0 Å². The molecule has 0 saturated carbocycles. The monoisotopic (exact) mass is 312 g/mol. The molecule has 118 valence electrons. The van der Waals surface area contributed by atoms with E-state index in [-0.39, 0.29) is 22.2 Å².